The van der Waals surface area contributed by atoms with E-state index in [9.17, 15) is 14.7 Å². The van der Waals surface area contributed by atoms with E-state index < -0.39 is 12.0 Å². The van der Waals surface area contributed by atoms with Crippen LogP contribution in [0.3, 0.4) is 0 Å². The number of carboxylic acid groups (broad SMARTS) is 1. The maximum Gasteiger partial charge on any atom is 0.326 e. The predicted molar refractivity (Wildman–Crippen MR) is 141 cm³/mol. The molecule has 1 aliphatic carbocycles. The Kier molecular flexibility index (Phi) is 9.15. The fourth-order valence-electron chi connectivity index (χ4n) is 4.84. The van der Waals surface area contributed by atoms with E-state index in [1.807, 2.05) is 60.7 Å². The second-order valence-electron chi connectivity index (χ2n) is 9.67. The highest BCUT2D eigenvalue weighted by molar-refractivity contribution is 5.97. The lowest BCUT2D eigenvalue weighted by Crippen LogP contribution is -2.42. The van der Waals surface area contributed by atoms with Gasteiger partial charge >= 0.3 is 5.97 Å². The maximum atomic E-state index is 13.1. The molecule has 1 aliphatic rings. The molecule has 5 heteroatoms. The zero-order chi connectivity index (χ0) is 25.2. The van der Waals surface area contributed by atoms with Crippen LogP contribution in [0.25, 0.3) is 0 Å². The Morgan fingerprint density at radius 2 is 1.53 bits per heavy atom. The van der Waals surface area contributed by atoms with Crippen LogP contribution in [-0.4, -0.2) is 29.6 Å². The topological polar surface area (TPSA) is 75.6 Å². The van der Waals surface area contributed by atoms with Gasteiger partial charge in [-0.2, -0.15) is 0 Å². The van der Waals surface area contributed by atoms with E-state index >= 15 is 0 Å². The number of benzene rings is 3. The highest BCUT2D eigenvalue weighted by Crippen LogP contribution is 2.25. The van der Waals surface area contributed by atoms with Crippen molar-refractivity contribution in [2.75, 3.05) is 6.61 Å². The summed E-state index contributed by atoms with van der Waals surface area (Å²) in [4.78, 5) is 25.0. The third-order valence-corrected chi connectivity index (χ3v) is 6.96. The summed E-state index contributed by atoms with van der Waals surface area (Å²) in [5, 5.41) is 12.5. The molecule has 1 unspecified atom stereocenters. The third-order valence-electron chi connectivity index (χ3n) is 6.96. The van der Waals surface area contributed by atoms with Crippen LogP contribution in [0.1, 0.15) is 59.2 Å². The van der Waals surface area contributed by atoms with Gasteiger partial charge < -0.3 is 15.2 Å². The van der Waals surface area contributed by atoms with Gasteiger partial charge in [-0.25, -0.2) is 4.79 Å². The minimum Gasteiger partial charge on any atom is -0.493 e. The number of rotatable bonds is 11. The molecule has 1 fully saturated rings. The summed E-state index contributed by atoms with van der Waals surface area (Å²) in [6.45, 7) is 0.733. The van der Waals surface area contributed by atoms with Gasteiger partial charge in [0.2, 0.25) is 0 Å². The number of amides is 1. The van der Waals surface area contributed by atoms with Crippen molar-refractivity contribution in [3.63, 3.8) is 0 Å². The molecule has 0 spiro atoms. The monoisotopic (exact) mass is 485 g/mol. The van der Waals surface area contributed by atoms with Crippen LogP contribution >= 0.6 is 0 Å². The molecular weight excluding hydrogens is 450 g/mol. The average molecular weight is 486 g/mol. The van der Waals surface area contributed by atoms with Crippen LogP contribution in [0.15, 0.2) is 78.9 Å². The largest absolute Gasteiger partial charge is 0.493 e. The van der Waals surface area contributed by atoms with Crippen LogP contribution < -0.4 is 10.1 Å². The normalized spacial score (nSPS) is 14.7. The molecule has 0 aromatic heterocycles. The van der Waals surface area contributed by atoms with Crippen LogP contribution in [0, 0.1) is 5.92 Å². The number of aryl methyl sites for hydroxylation is 2. The van der Waals surface area contributed by atoms with Crippen LogP contribution in [0.5, 0.6) is 5.75 Å². The molecule has 3 aromatic carbocycles. The smallest absolute Gasteiger partial charge is 0.326 e. The lowest BCUT2D eigenvalue weighted by Gasteiger charge is -2.21. The summed E-state index contributed by atoms with van der Waals surface area (Å²) >= 11 is 0. The van der Waals surface area contributed by atoms with Crippen LogP contribution in [0.4, 0.5) is 0 Å². The minimum absolute atomic E-state index is 0.205. The van der Waals surface area contributed by atoms with Gasteiger partial charge in [0.1, 0.15) is 11.8 Å². The number of ether oxygens (including phenoxy) is 1. The van der Waals surface area contributed by atoms with E-state index in [-0.39, 0.29) is 12.3 Å². The van der Waals surface area contributed by atoms with Crippen LogP contribution in [0.2, 0.25) is 0 Å². The number of carbonyl (C=O) groups is 2. The number of carbonyl (C=O) groups excluding carboxylic acids is 1. The number of carboxylic acids is 1. The first kappa shape index (κ1) is 25.5. The Morgan fingerprint density at radius 1 is 0.833 bits per heavy atom. The van der Waals surface area contributed by atoms with Crippen molar-refractivity contribution in [1.82, 2.24) is 5.32 Å². The molecule has 188 valence electrons. The molecule has 5 nitrogen and oxygen atoms in total. The molecule has 0 radical (unpaired) electrons. The van der Waals surface area contributed by atoms with Crippen molar-refractivity contribution in [2.45, 2.75) is 57.4 Å². The Labute approximate surface area is 213 Å². The Balaban J connectivity index is 1.34. The van der Waals surface area contributed by atoms with Crippen molar-refractivity contribution in [1.29, 1.82) is 0 Å². The number of hydrogen-bond acceptors (Lipinski definition) is 3. The second kappa shape index (κ2) is 12.9. The molecule has 3 aromatic rings. The van der Waals surface area contributed by atoms with Gasteiger partial charge in [0.25, 0.3) is 5.91 Å². The zero-order valence-corrected chi connectivity index (χ0v) is 20.7. The highest BCUT2D eigenvalue weighted by Gasteiger charge is 2.22. The molecule has 36 heavy (non-hydrogen) atoms. The lowest BCUT2D eigenvalue weighted by molar-refractivity contribution is -0.139. The summed E-state index contributed by atoms with van der Waals surface area (Å²) in [6.07, 6.45) is 8.07. The molecular formula is C31H35NO4. The van der Waals surface area contributed by atoms with E-state index in [2.05, 4.69) is 17.4 Å². The van der Waals surface area contributed by atoms with Crippen molar-refractivity contribution in [3.8, 4) is 5.75 Å². The number of nitrogens with one attached hydrogen (secondary N) is 1. The summed E-state index contributed by atoms with van der Waals surface area (Å²) < 4.78 is 5.96. The summed E-state index contributed by atoms with van der Waals surface area (Å²) in [6, 6.07) is 24.0. The van der Waals surface area contributed by atoms with Gasteiger partial charge in [-0.3, -0.25) is 4.79 Å². The predicted octanol–water partition coefficient (Wildman–Crippen LogP) is 5.86. The van der Waals surface area contributed by atoms with Gasteiger partial charge in [0.15, 0.2) is 0 Å². The first-order valence-electron chi connectivity index (χ1n) is 13.0. The fourth-order valence-corrected chi connectivity index (χ4v) is 4.84. The second-order valence-corrected chi connectivity index (χ2v) is 9.67. The summed E-state index contributed by atoms with van der Waals surface area (Å²) in [5.74, 6) is 0.00872. The highest BCUT2D eigenvalue weighted by atomic mass is 16.5. The van der Waals surface area contributed by atoms with E-state index in [1.54, 1.807) is 6.07 Å². The molecule has 0 saturated heterocycles. The molecule has 1 amide bonds. The van der Waals surface area contributed by atoms with Crippen molar-refractivity contribution >= 4 is 11.9 Å². The Hall–Kier alpha value is -3.60. The molecule has 0 heterocycles. The van der Waals surface area contributed by atoms with E-state index in [1.165, 1.54) is 37.7 Å². The van der Waals surface area contributed by atoms with Crippen molar-refractivity contribution in [2.24, 2.45) is 5.92 Å². The van der Waals surface area contributed by atoms with E-state index in [0.29, 0.717) is 17.9 Å². The molecule has 1 saturated carbocycles. The van der Waals surface area contributed by atoms with Gasteiger partial charge in [-0.05, 0) is 66.5 Å². The van der Waals surface area contributed by atoms with Crippen LogP contribution in [-0.2, 0) is 24.1 Å². The van der Waals surface area contributed by atoms with Gasteiger partial charge in [-0.1, -0.05) is 79.9 Å². The van der Waals surface area contributed by atoms with Gasteiger partial charge in [-0.15, -0.1) is 0 Å². The molecule has 4 rings (SSSR count). The number of aliphatic carboxylic acids is 1. The lowest BCUT2D eigenvalue weighted by atomic mass is 9.90. The Morgan fingerprint density at radius 3 is 2.25 bits per heavy atom. The first-order valence-corrected chi connectivity index (χ1v) is 13.0. The minimum atomic E-state index is -1.05. The Bertz CT molecular complexity index is 1120. The zero-order valence-electron chi connectivity index (χ0n) is 20.7. The van der Waals surface area contributed by atoms with E-state index in [0.717, 1.165) is 29.9 Å². The maximum absolute atomic E-state index is 13.1. The van der Waals surface area contributed by atoms with Crippen molar-refractivity contribution < 1.29 is 19.4 Å². The molecule has 1 atom stereocenters. The third kappa shape index (κ3) is 7.45. The molecule has 2 N–H and O–H groups in total. The fraction of sp³-hybridized carbons (Fsp3) is 0.355. The first-order chi connectivity index (χ1) is 17.6. The SMILES string of the molecule is O=C(NC(Cc1ccc(OCC2CCCCC2)cc1)C(=O)O)c1ccccc1CCc1ccccc1. The molecule has 0 bridgehead atoms. The van der Waals surface area contributed by atoms with E-state index in [4.69, 9.17) is 4.74 Å². The number of hydrogen-bond donors (Lipinski definition) is 2. The van der Waals surface area contributed by atoms with Gasteiger partial charge in [0, 0.05) is 12.0 Å². The summed E-state index contributed by atoms with van der Waals surface area (Å²) in [7, 11) is 0. The standard InChI is InChI=1S/C31H35NO4/c33-30(28-14-8-7-13-26(28)18-15-23-9-3-1-4-10-23)32-29(31(34)35)21-24-16-19-27(20-17-24)36-22-25-11-5-2-6-12-25/h1,3-4,7-10,13-14,16-17,19-20,25,29H,2,5-6,11-12,15,18,21-22H2,(H,32,33)(H,34,35). The molecule has 0 aliphatic heterocycles. The summed E-state index contributed by atoms with van der Waals surface area (Å²) in [5.41, 5.74) is 3.46. The van der Waals surface area contributed by atoms with Crippen molar-refractivity contribution in [3.05, 3.63) is 101 Å². The van der Waals surface area contributed by atoms with Gasteiger partial charge in [0.05, 0.1) is 6.61 Å². The quantitative estimate of drug-likeness (QED) is 0.357. The average Bonchev–Trinajstić information content (AvgIpc) is 2.92.